The minimum Gasteiger partial charge on any atom is -0.465 e. The Balaban J connectivity index is 1.83. The molecule has 0 aliphatic heterocycles. The SMILES string of the molecule is COC(=O)c1cc(Nc2ncnc(NNC(=O)c3ccc(Cl)cc3Cl)c2N)cc(C(=O)OC)c1. The first-order chi connectivity index (χ1) is 16.2. The molecule has 2 aromatic carbocycles. The van der Waals surface area contributed by atoms with E-state index in [2.05, 4.69) is 26.1 Å². The van der Waals surface area contributed by atoms with Crippen LogP contribution in [-0.2, 0) is 9.47 Å². The van der Waals surface area contributed by atoms with E-state index in [9.17, 15) is 14.4 Å². The summed E-state index contributed by atoms with van der Waals surface area (Å²) in [4.78, 5) is 44.5. The second-order valence-corrected chi connectivity index (χ2v) is 7.44. The molecule has 0 spiro atoms. The van der Waals surface area contributed by atoms with Gasteiger partial charge in [-0.05, 0) is 36.4 Å². The van der Waals surface area contributed by atoms with E-state index in [1.807, 2.05) is 0 Å². The van der Waals surface area contributed by atoms with Crippen molar-refractivity contribution < 1.29 is 23.9 Å². The molecule has 176 valence electrons. The van der Waals surface area contributed by atoms with Gasteiger partial charge >= 0.3 is 11.9 Å². The van der Waals surface area contributed by atoms with Gasteiger partial charge in [0.1, 0.15) is 12.0 Å². The number of hydrogen-bond donors (Lipinski definition) is 4. The van der Waals surface area contributed by atoms with E-state index in [0.29, 0.717) is 10.7 Å². The van der Waals surface area contributed by atoms with E-state index in [0.717, 1.165) is 0 Å². The van der Waals surface area contributed by atoms with Crippen molar-refractivity contribution in [3.8, 4) is 0 Å². The quantitative estimate of drug-likeness (QED) is 0.277. The van der Waals surface area contributed by atoms with E-state index < -0.39 is 17.8 Å². The highest BCUT2D eigenvalue weighted by atomic mass is 35.5. The monoisotopic (exact) mass is 504 g/mol. The van der Waals surface area contributed by atoms with E-state index in [1.165, 1.54) is 56.9 Å². The number of benzene rings is 2. The maximum Gasteiger partial charge on any atom is 0.337 e. The third-order valence-corrected chi connectivity index (χ3v) is 4.94. The van der Waals surface area contributed by atoms with Crippen LogP contribution in [0, 0.1) is 0 Å². The van der Waals surface area contributed by atoms with Crippen LogP contribution in [0.1, 0.15) is 31.1 Å². The molecule has 0 saturated heterocycles. The van der Waals surface area contributed by atoms with Crippen molar-refractivity contribution in [2.75, 3.05) is 30.7 Å². The van der Waals surface area contributed by atoms with Gasteiger partial charge in [-0.25, -0.2) is 19.6 Å². The number of hydrazine groups is 1. The van der Waals surface area contributed by atoms with Crippen LogP contribution in [0.2, 0.25) is 10.0 Å². The summed E-state index contributed by atoms with van der Waals surface area (Å²) in [5.41, 5.74) is 11.9. The molecule has 11 nitrogen and oxygen atoms in total. The highest BCUT2D eigenvalue weighted by molar-refractivity contribution is 6.36. The maximum atomic E-state index is 12.4. The number of nitrogens with zero attached hydrogens (tertiary/aromatic N) is 2. The highest BCUT2D eigenvalue weighted by Crippen LogP contribution is 2.27. The first-order valence-electron chi connectivity index (χ1n) is 9.44. The third kappa shape index (κ3) is 5.63. The molecule has 0 radical (unpaired) electrons. The molecule has 1 heterocycles. The van der Waals surface area contributed by atoms with Crippen molar-refractivity contribution >= 4 is 64.1 Å². The van der Waals surface area contributed by atoms with Crippen LogP contribution < -0.4 is 21.9 Å². The van der Waals surface area contributed by atoms with Crippen LogP contribution in [-0.4, -0.2) is 42.0 Å². The molecular formula is C21H18Cl2N6O5. The molecule has 3 aromatic rings. The van der Waals surface area contributed by atoms with Gasteiger partial charge in [-0.2, -0.15) is 0 Å². The lowest BCUT2D eigenvalue weighted by Gasteiger charge is -2.14. The van der Waals surface area contributed by atoms with Gasteiger partial charge in [0.15, 0.2) is 11.6 Å². The molecule has 0 fully saturated rings. The first kappa shape index (κ1) is 24.6. The first-order valence-corrected chi connectivity index (χ1v) is 10.2. The largest absolute Gasteiger partial charge is 0.465 e. The second kappa shape index (κ2) is 10.7. The zero-order valence-electron chi connectivity index (χ0n) is 17.8. The Morgan fingerprint density at radius 2 is 1.53 bits per heavy atom. The summed E-state index contributed by atoms with van der Waals surface area (Å²) in [6.07, 6.45) is 1.19. The summed E-state index contributed by atoms with van der Waals surface area (Å²) in [7, 11) is 2.43. The van der Waals surface area contributed by atoms with E-state index in [4.69, 9.17) is 38.4 Å². The number of ether oxygens (including phenoxy) is 2. The molecule has 1 aromatic heterocycles. The van der Waals surface area contributed by atoms with Gasteiger partial charge in [-0.15, -0.1) is 0 Å². The van der Waals surface area contributed by atoms with Crippen LogP contribution in [0.15, 0.2) is 42.7 Å². The molecule has 0 atom stereocenters. The molecule has 3 rings (SSSR count). The Morgan fingerprint density at radius 1 is 0.912 bits per heavy atom. The minimum absolute atomic E-state index is 0.0353. The summed E-state index contributed by atoms with van der Waals surface area (Å²) >= 11 is 11.9. The van der Waals surface area contributed by atoms with E-state index in [1.54, 1.807) is 0 Å². The average Bonchev–Trinajstić information content (AvgIpc) is 2.83. The summed E-state index contributed by atoms with van der Waals surface area (Å²) in [6.45, 7) is 0. The normalized spacial score (nSPS) is 10.2. The number of methoxy groups -OCH3 is 2. The van der Waals surface area contributed by atoms with Crippen molar-refractivity contribution in [2.45, 2.75) is 0 Å². The fraction of sp³-hybridized carbons (Fsp3) is 0.0952. The number of carbonyl (C=O) groups excluding carboxylic acids is 3. The fourth-order valence-electron chi connectivity index (χ4n) is 2.76. The summed E-state index contributed by atoms with van der Waals surface area (Å²) < 4.78 is 9.44. The Bertz CT molecular complexity index is 1240. The number of esters is 2. The average molecular weight is 505 g/mol. The van der Waals surface area contributed by atoms with Gasteiger partial charge in [-0.1, -0.05) is 23.2 Å². The van der Waals surface area contributed by atoms with Crippen LogP contribution in [0.5, 0.6) is 0 Å². The number of hydrogen-bond acceptors (Lipinski definition) is 10. The molecule has 0 bridgehead atoms. The smallest absolute Gasteiger partial charge is 0.337 e. The fourth-order valence-corrected chi connectivity index (χ4v) is 3.25. The number of carbonyl (C=O) groups is 3. The summed E-state index contributed by atoms with van der Waals surface area (Å²) in [5, 5.41) is 3.46. The zero-order chi connectivity index (χ0) is 24.8. The zero-order valence-corrected chi connectivity index (χ0v) is 19.3. The van der Waals surface area contributed by atoms with Crippen LogP contribution in [0.25, 0.3) is 0 Å². The topological polar surface area (TPSA) is 158 Å². The van der Waals surface area contributed by atoms with Crippen LogP contribution >= 0.6 is 23.2 Å². The Labute approximate surface area is 203 Å². The third-order valence-electron chi connectivity index (χ3n) is 4.39. The lowest BCUT2D eigenvalue weighted by molar-refractivity contribution is 0.0599. The number of nitrogens with two attached hydrogens (primary N) is 1. The molecule has 0 aliphatic carbocycles. The van der Waals surface area contributed by atoms with E-state index >= 15 is 0 Å². The molecule has 0 unspecified atom stereocenters. The molecule has 34 heavy (non-hydrogen) atoms. The van der Waals surface area contributed by atoms with Crippen molar-refractivity contribution in [2.24, 2.45) is 0 Å². The molecule has 0 saturated carbocycles. The predicted molar refractivity (Wildman–Crippen MR) is 126 cm³/mol. The Kier molecular flexibility index (Phi) is 7.71. The number of aromatic nitrogens is 2. The minimum atomic E-state index is -0.657. The van der Waals surface area contributed by atoms with E-state index in [-0.39, 0.29) is 39.0 Å². The molecule has 13 heteroatoms. The van der Waals surface area contributed by atoms with Crippen molar-refractivity contribution in [3.63, 3.8) is 0 Å². The lowest BCUT2D eigenvalue weighted by atomic mass is 10.1. The standard InChI is InChI=1S/C21H18Cl2N6O5/c1-33-20(31)10-5-11(21(32)34-2)7-13(6-10)27-17-16(24)18(26-9-25-17)28-29-19(30)14-4-3-12(22)8-15(14)23/h3-9H,24H2,1-2H3,(H,29,30)(H2,25,26,27,28). The van der Waals surface area contributed by atoms with Gasteiger partial charge in [-0.3, -0.25) is 15.6 Å². The number of halogens is 2. The predicted octanol–water partition coefficient (Wildman–Crippen LogP) is 3.44. The number of nitrogen functional groups attached to an aromatic ring is 1. The van der Waals surface area contributed by atoms with Crippen LogP contribution in [0.3, 0.4) is 0 Å². The maximum absolute atomic E-state index is 12.4. The number of nitrogens with one attached hydrogen (secondary N) is 3. The lowest BCUT2D eigenvalue weighted by Crippen LogP contribution is -2.30. The van der Waals surface area contributed by atoms with Gasteiger partial charge in [0, 0.05) is 10.7 Å². The highest BCUT2D eigenvalue weighted by Gasteiger charge is 2.16. The number of amides is 1. The molecular weight excluding hydrogens is 487 g/mol. The van der Waals surface area contributed by atoms with Crippen molar-refractivity contribution in [1.29, 1.82) is 0 Å². The molecule has 0 aliphatic rings. The summed E-state index contributed by atoms with van der Waals surface area (Å²) in [6, 6.07) is 8.63. The summed E-state index contributed by atoms with van der Waals surface area (Å²) in [5.74, 6) is -1.66. The number of rotatable bonds is 7. The number of anilines is 4. The van der Waals surface area contributed by atoms with Crippen molar-refractivity contribution in [3.05, 3.63) is 69.5 Å². The van der Waals surface area contributed by atoms with Crippen LogP contribution in [0.4, 0.5) is 23.0 Å². The molecule has 5 N–H and O–H groups in total. The molecule has 1 amide bonds. The Morgan fingerprint density at radius 3 is 2.12 bits per heavy atom. The second-order valence-electron chi connectivity index (χ2n) is 6.60. The Hall–Kier alpha value is -4.09. The van der Waals surface area contributed by atoms with Gasteiger partial charge in [0.2, 0.25) is 0 Å². The van der Waals surface area contributed by atoms with Gasteiger partial charge < -0.3 is 20.5 Å². The van der Waals surface area contributed by atoms with Gasteiger partial charge in [0.05, 0.1) is 35.9 Å². The van der Waals surface area contributed by atoms with Crippen molar-refractivity contribution in [1.82, 2.24) is 15.4 Å². The van der Waals surface area contributed by atoms with Gasteiger partial charge in [0.25, 0.3) is 5.91 Å².